The first-order valence-corrected chi connectivity index (χ1v) is 7.27. The lowest BCUT2D eigenvalue weighted by Gasteiger charge is -2.13. The van der Waals surface area contributed by atoms with Gasteiger partial charge in [-0.2, -0.15) is 0 Å². The molecule has 0 bridgehead atoms. The molecule has 2 aromatic rings. The van der Waals surface area contributed by atoms with Gasteiger partial charge in [-0.05, 0) is 40.2 Å². The zero-order valence-corrected chi connectivity index (χ0v) is 13.6. The van der Waals surface area contributed by atoms with E-state index in [9.17, 15) is 4.39 Å². The number of benzene rings is 2. The highest BCUT2D eigenvalue weighted by atomic mass is 79.9. The largest absolute Gasteiger partial charge is 0.493 e. The summed E-state index contributed by atoms with van der Waals surface area (Å²) in [7, 11) is 1.56. The normalized spacial score (nSPS) is 10.4. The smallest absolute Gasteiger partial charge is 0.156 e. The summed E-state index contributed by atoms with van der Waals surface area (Å²) >= 11 is 15.1. The number of anilines is 1. The number of hydrogen-bond donors (Lipinski definition) is 1. The van der Waals surface area contributed by atoms with Gasteiger partial charge >= 0.3 is 0 Å². The van der Waals surface area contributed by atoms with Crippen LogP contribution in [0.1, 0.15) is 5.56 Å². The number of hydrogen-bond acceptors (Lipinski definition) is 2. The van der Waals surface area contributed by atoms with Crippen LogP contribution >= 0.6 is 39.1 Å². The third kappa shape index (κ3) is 3.57. The summed E-state index contributed by atoms with van der Waals surface area (Å²) in [5, 5.41) is 4.02. The Labute approximate surface area is 135 Å². The fourth-order valence-electron chi connectivity index (χ4n) is 1.75. The zero-order valence-electron chi connectivity index (χ0n) is 10.5. The van der Waals surface area contributed by atoms with Crippen molar-refractivity contribution >= 4 is 44.8 Å². The maximum Gasteiger partial charge on any atom is 0.156 e. The van der Waals surface area contributed by atoms with Crippen molar-refractivity contribution in [3.63, 3.8) is 0 Å². The first-order chi connectivity index (χ1) is 9.51. The Kier molecular flexibility index (Phi) is 5.13. The number of halogens is 4. The van der Waals surface area contributed by atoms with E-state index >= 15 is 0 Å². The van der Waals surface area contributed by atoms with E-state index in [0.29, 0.717) is 33.6 Å². The molecular weight excluding hydrogens is 368 g/mol. The van der Waals surface area contributed by atoms with Crippen LogP contribution in [0.5, 0.6) is 5.75 Å². The van der Waals surface area contributed by atoms with E-state index in [0.717, 1.165) is 4.47 Å². The van der Waals surface area contributed by atoms with Crippen LogP contribution in [0, 0.1) is 5.82 Å². The van der Waals surface area contributed by atoms with Crippen LogP contribution in [-0.4, -0.2) is 7.11 Å². The molecular formula is C14H11BrCl2FNO. The Morgan fingerprint density at radius 2 is 1.95 bits per heavy atom. The summed E-state index contributed by atoms with van der Waals surface area (Å²) in [4.78, 5) is 0. The molecule has 0 radical (unpaired) electrons. The van der Waals surface area contributed by atoms with E-state index in [1.54, 1.807) is 31.4 Å². The van der Waals surface area contributed by atoms with E-state index in [2.05, 4.69) is 21.2 Å². The zero-order chi connectivity index (χ0) is 14.7. The van der Waals surface area contributed by atoms with Gasteiger partial charge in [0.1, 0.15) is 5.82 Å². The van der Waals surface area contributed by atoms with Crippen LogP contribution in [0.4, 0.5) is 10.1 Å². The number of rotatable bonds is 4. The van der Waals surface area contributed by atoms with Crippen LogP contribution < -0.4 is 10.1 Å². The molecule has 0 saturated heterocycles. The minimum absolute atomic E-state index is 0.298. The highest BCUT2D eigenvalue weighted by molar-refractivity contribution is 9.10. The predicted molar refractivity (Wildman–Crippen MR) is 84.4 cm³/mol. The molecule has 20 heavy (non-hydrogen) atoms. The molecule has 2 nitrogen and oxygen atoms in total. The van der Waals surface area contributed by atoms with Crippen LogP contribution in [0.25, 0.3) is 0 Å². The second kappa shape index (κ2) is 6.66. The van der Waals surface area contributed by atoms with Gasteiger partial charge in [-0.15, -0.1) is 0 Å². The van der Waals surface area contributed by atoms with Crippen molar-refractivity contribution in [3.05, 3.63) is 56.2 Å². The second-order valence-electron chi connectivity index (χ2n) is 4.06. The summed E-state index contributed by atoms with van der Waals surface area (Å²) in [5.41, 5.74) is 1.19. The molecule has 6 heteroatoms. The maximum atomic E-state index is 13.7. The standard InChI is InChI=1S/C14H11BrCl2FNO/c1-20-14-11(15)4-10(17)6-13(14)19-7-8-2-3-9(16)5-12(8)18/h2-6,19H,7H2,1H3. The van der Waals surface area contributed by atoms with Crippen LogP contribution in [0.2, 0.25) is 10.0 Å². The molecule has 0 aliphatic carbocycles. The minimum atomic E-state index is -0.356. The van der Waals surface area contributed by atoms with Crippen molar-refractivity contribution in [2.45, 2.75) is 6.54 Å². The van der Waals surface area contributed by atoms with E-state index in [1.165, 1.54) is 6.07 Å². The van der Waals surface area contributed by atoms with Gasteiger partial charge in [0.2, 0.25) is 0 Å². The Bertz CT molecular complexity index is 637. The Balaban J connectivity index is 2.22. The van der Waals surface area contributed by atoms with E-state index in [1.807, 2.05) is 0 Å². The van der Waals surface area contributed by atoms with Crippen molar-refractivity contribution in [2.24, 2.45) is 0 Å². The van der Waals surface area contributed by atoms with Gasteiger partial charge in [0, 0.05) is 22.2 Å². The molecule has 1 N–H and O–H groups in total. The van der Waals surface area contributed by atoms with Crippen molar-refractivity contribution in [2.75, 3.05) is 12.4 Å². The summed E-state index contributed by atoms with van der Waals surface area (Å²) in [6.45, 7) is 0.298. The monoisotopic (exact) mass is 377 g/mol. The quantitative estimate of drug-likeness (QED) is 0.756. The van der Waals surface area contributed by atoms with E-state index in [4.69, 9.17) is 27.9 Å². The molecule has 0 aliphatic heterocycles. The Morgan fingerprint density at radius 1 is 1.20 bits per heavy atom. The van der Waals surface area contributed by atoms with Crippen LogP contribution in [0.3, 0.4) is 0 Å². The maximum absolute atomic E-state index is 13.7. The van der Waals surface area contributed by atoms with Gasteiger partial charge in [-0.25, -0.2) is 4.39 Å². The van der Waals surface area contributed by atoms with E-state index in [-0.39, 0.29) is 5.82 Å². The topological polar surface area (TPSA) is 21.3 Å². The number of methoxy groups -OCH3 is 1. The van der Waals surface area contributed by atoms with E-state index < -0.39 is 0 Å². The summed E-state index contributed by atoms with van der Waals surface area (Å²) < 4.78 is 19.7. The number of nitrogens with one attached hydrogen (secondary N) is 1. The Morgan fingerprint density at radius 3 is 2.60 bits per heavy atom. The molecule has 0 aromatic heterocycles. The molecule has 0 atom stereocenters. The molecule has 0 fully saturated rings. The van der Waals surface area contributed by atoms with Crippen molar-refractivity contribution in [3.8, 4) is 5.75 Å². The van der Waals surface area contributed by atoms with Crippen LogP contribution in [-0.2, 0) is 6.54 Å². The van der Waals surface area contributed by atoms with Crippen molar-refractivity contribution in [1.82, 2.24) is 0 Å². The highest BCUT2D eigenvalue weighted by Crippen LogP contribution is 2.36. The summed E-state index contributed by atoms with van der Waals surface area (Å²) in [6, 6.07) is 8.01. The summed E-state index contributed by atoms with van der Waals surface area (Å²) in [5.74, 6) is 0.258. The van der Waals surface area contributed by atoms with Crippen LogP contribution in [0.15, 0.2) is 34.8 Å². The van der Waals surface area contributed by atoms with Gasteiger partial charge in [0.05, 0.1) is 17.3 Å². The molecule has 2 rings (SSSR count). The van der Waals surface area contributed by atoms with Crippen molar-refractivity contribution < 1.29 is 9.13 Å². The minimum Gasteiger partial charge on any atom is -0.493 e. The van der Waals surface area contributed by atoms with Gasteiger partial charge in [-0.1, -0.05) is 29.3 Å². The fourth-order valence-corrected chi connectivity index (χ4v) is 2.89. The highest BCUT2D eigenvalue weighted by Gasteiger charge is 2.10. The molecule has 0 amide bonds. The van der Waals surface area contributed by atoms with Crippen molar-refractivity contribution in [1.29, 1.82) is 0 Å². The van der Waals surface area contributed by atoms with Gasteiger partial charge < -0.3 is 10.1 Å². The second-order valence-corrected chi connectivity index (χ2v) is 5.78. The van der Waals surface area contributed by atoms with Gasteiger partial charge in [-0.3, -0.25) is 0 Å². The third-order valence-electron chi connectivity index (χ3n) is 2.70. The van der Waals surface area contributed by atoms with Gasteiger partial charge in [0.25, 0.3) is 0 Å². The third-order valence-corrected chi connectivity index (χ3v) is 3.74. The van der Waals surface area contributed by atoms with Gasteiger partial charge in [0.15, 0.2) is 5.75 Å². The SMILES string of the molecule is COc1c(Br)cc(Cl)cc1NCc1ccc(Cl)cc1F. The first-order valence-electron chi connectivity index (χ1n) is 5.72. The molecule has 0 spiro atoms. The predicted octanol–water partition coefficient (Wildman–Crippen LogP) is 5.52. The molecule has 0 saturated carbocycles. The average Bonchev–Trinajstić information content (AvgIpc) is 2.37. The first kappa shape index (κ1) is 15.4. The molecule has 2 aromatic carbocycles. The Hall–Kier alpha value is -0.970. The molecule has 0 unspecified atom stereocenters. The molecule has 0 aliphatic rings. The fraction of sp³-hybridized carbons (Fsp3) is 0.143. The average molecular weight is 379 g/mol. The summed E-state index contributed by atoms with van der Waals surface area (Å²) in [6.07, 6.45) is 0. The lowest BCUT2D eigenvalue weighted by atomic mass is 10.2. The lowest BCUT2D eigenvalue weighted by molar-refractivity contribution is 0.414. The molecule has 106 valence electrons. The number of ether oxygens (including phenoxy) is 1. The molecule has 0 heterocycles. The lowest BCUT2D eigenvalue weighted by Crippen LogP contribution is -2.03.